The van der Waals surface area contributed by atoms with Gasteiger partial charge in [-0.1, -0.05) is 49.9 Å². The molecule has 10 heteroatoms. The highest BCUT2D eigenvalue weighted by Crippen LogP contribution is 2.29. The molecule has 0 aliphatic carbocycles. The summed E-state index contributed by atoms with van der Waals surface area (Å²) in [5.41, 5.74) is 0.0110. The standard InChI is InChI=1S/C21H27N3O5S2/c1-3-4-5-6-9-12-30-14-15-13-18(23-29-15)22-21(26)19-20(25)16-10-7-8-11-17(16)31(27,28)24(19)2/h7-8,10-11,13,19H,3-6,9,12,14H2,1-2H3,(H,22,23,26). The Morgan fingerprint density at radius 3 is 2.74 bits per heavy atom. The van der Waals surface area contributed by atoms with Gasteiger partial charge >= 0.3 is 0 Å². The average Bonchev–Trinajstić information content (AvgIpc) is 3.19. The van der Waals surface area contributed by atoms with Crippen LogP contribution >= 0.6 is 11.8 Å². The molecule has 1 unspecified atom stereocenters. The zero-order valence-electron chi connectivity index (χ0n) is 17.7. The van der Waals surface area contributed by atoms with Crippen molar-refractivity contribution in [2.75, 3.05) is 18.1 Å². The van der Waals surface area contributed by atoms with E-state index in [4.69, 9.17) is 4.52 Å². The molecule has 8 nitrogen and oxygen atoms in total. The number of hydrogen-bond donors (Lipinski definition) is 1. The van der Waals surface area contributed by atoms with Crippen LogP contribution in [0.3, 0.4) is 0 Å². The van der Waals surface area contributed by atoms with Crippen LogP contribution in [0.2, 0.25) is 0 Å². The highest BCUT2D eigenvalue weighted by molar-refractivity contribution is 7.98. The number of unbranched alkanes of at least 4 members (excludes halogenated alkanes) is 4. The molecule has 0 bridgehead atoms. The van der Waals surface area contributed by atoms with Gasteiger partial charge in [0.25, 0.3) is 5.91 Å². The van der Waals surface area contributed by atoms with Gasteiger partial charge < -0.3 is 9.84 Å². The first-order valence-corrected chi connectivity index (χ1v) is 12.9. The van der Waals surface area contributed by atoms with Crippen LogP contribution < -0.4 is 5.32 Å². The maximum Gasteiger partial charge on any atom is 0.252 e. The number of benzene rings is 1. The lowest BCUT2D eigenvalue weighted by Crippen LogP contribution is -2.53. The maximum absolute atomic E-state index is 12.8. The van der Waals surface area contributed by atoms with E-state index in [1.54, 1.807) is 23.9 Å². The van der Waals surface area contributed by atoms with Crippen molar-refractivity contribution >= 4 is 39.3 Å². The molecule has 0 spiro atoms. The number of amides is 1. The minimum atomic E-state index is -3.95. The van der Waals surface area contributed by atoms with Gasteiger partial charge in [-0.2, -0.15) is 16.1 Å². The van der Waals surface area contributed by atoms with E-state index in [1.807, 2.05) is 0 Å². The summed E-state index contributed by atoms with van der Waals surface area (Å²) in [5.74, 6) is 1.06. The molecule has 1 aromatic heterocycles. The summed E-state index contributed by atoms with van der Waals surface area (Å²) < 4.78 is 31.5. The number of carbonyl (C=O) groups is 2. The number of nitrogens with one attached hydrogen (secondary N) is 1. The lowest BCUT2D eigenvalue weighted by molar-refractivity contribution is -0.118. The van der Waals surface area contributed by atoms with E-state index in [2.05, 4.69) is 17.4 Å². The van der Waals surface area contributed by atoms with E-state index in [1.165, 1.54) is 50.9 Å². The van der Waals surface area contributed by atoms with Gasteiger partial charge in [0.15, 0.2) is 17.6 Å². The number of carbonyl (C=O) groups excluding carboxylic acids is 2. The molecule has 2 aromatic rings. The molecule has 168 valence electrons. The molecule has 0 radical (unpaired) electrons. The molecule has 0 saturated carbocycles. The quantitative estimate of drug-likeness (QED) is 0.421. The number of hydrogen-bond acceptors (Lipinski definition) is 7. The Bertz CT molecular complexity index is 1040. The van der Waals surface area contributed by atoms with Gasteiger partial charge in [-0.25, -0.2) is 8.42 Å². The van der Waals surface area contributed by atoms with E-state index < -0.39 is 27.8 Å². The van der Waals surface area contributed by atoms with Crippen LogP contribution in [0, 0.1) is 0 Å². The highest BCUT2D eigenvalue weighted by Gasteiger charge is 2.45. The summed E-state index contributed by atoms with van der Waals surface area (Å²) in [4.78, 5) is 25.5. The van der Waals surface area contributed by atoms with Crippen LogP contribution in [0.5, 0.6) is 0 Å². The molecule has 1 aromatic carbocycles. The third-order valence-corrected chi connectivity index (χ3v) is 8.06. The van der Waals surface area contributed by atoms with Gasteiger partial charge in [0.05, 0.1) is 10.6 Å². The number of aromatic nitrogens is 1. The summed E-state index contributed by atoms with van der Waals surface area (Å²) in [6, 6.07) is 5.97. The second-order valence-corrected chi connectivity index (χ2v) is 10.5. The summed E-state index contributed by atoms with van der Waals surface area (Å²) in [6.07, 6.45) is 6.11. The minimum absolute atomic E-state index is 0.0110. The summed E-state index contributed by atoms with van der Waals surface area (Å²) >= 11 is 1.73. The molecule has 1 aliphatic rings. The van der Waals surface area contributed by atoms with E-state index in [-0.39, 0.29) is 16.3 Å². The van der Waals surface area contributed by atoms with Crippen molar-refractivity contribution in [3.05, 3.63) is 41.7 Å². The Morgan fingerprint density at radius 2 is 1.97 bits per heavy atom. The van der Waals surface area contributed by atoms with Gasteiger partial charge in [-0.05, 0) is 24.3 Å². The summed E-state index contributed by atoms with van der Waals surface area (Å²) in [5, 5.41) is 6.33. The molecule has 0 saturated heterocycles. The third-order valence-electron chi connectivity index (χ3n) is 5.12. The third kappa shape index (κ3) is 5.36. The zero-order valence-corrected chi connectivity index (χ0v) is 19.3. The topological polar surface area (TPSA) is 110 Å². The minimum Gasteiger partial charge on any atom is -0.358 e. The lowest BCUT2D eigenvalue weighted by atomic mass is 10.0. The van der Waals surface area contributed by atoms with Gasteiger partial charge in [0.1, 0.15) is 5.76 Å². The molecule has 1 atom stereocenters. The number of rotatable bonds is 10. The van der Waals surface area contributed by atoms with Crippen LogP contribution in [0.25, 0.3) is 0 Å². The average molecular weight is 466 g/mol. The molecule has 1 aliphatic heterocycles. The number of anilines is 1. The highest BCUT2D eigenvalue weighted by atomic mass is 32.2. The molecule has 3 rings (SSSR count). The molecule has 2 heterocycles. The van der Waals surface area contributed by atoms with Crippen molar-refractivity contribution in [1.29, 1.82) is 0 Å². The molecule has 0 fully saturated rings. The Labute approximate surface area is 186 Å². The SMILES string of the molecule is CCCCCCCSCc1cc(NC(=O)C2C(=O)c3ccccc3S(=O)(=O)N2C)no1. The van der Waals surface area contributed by atoms with Crippen molar-refractivity contribution in [3.8, 4) is 0 Å². The number of ketones is 1. The fourth-order valence-electron chi connectivity index (χ4n) is 3.40. The van der Waals surface area contributed by atoms with Crippen molar-refractivity contribution < 1.29 is 22.5 Å². The molecular formula is C21H27N3O5S2. The van der Waals surface area contributed by atoms with Crippen molar-refractivity contribution in [3.63, 3.8) is 0 Å². The number of Topliss-reactive ketones (excluding diaryl/α,β-unsaturated/α-hetero) is 1. The van der Waals surface area contributed by atoms with Crippen LogP contribution in [-0.2, 0) is 20.6 Å². The predicted molar refractivity (Wildman–Crippen MR) is 120 cm³/mol. The zero-order chi connectivity index (χ0) is 22.4. The first-order chi connectivity index (χ1) is 14.9. The Kier molecular flexibility index (Phi) is 7.90. The van der Waals surface area contributed by atoms with Crippen LogP contribution in [-0.4, -0.2) is 48.4 Å². The van der Waals surface area contributed by atoms with E-state index in [9.17, 15) is 18.0 Å². The predicted octanol–water partition coefficient (Wildman–Crippen LogP) is 3.70. The maximum atomic E-state index is 12.8. The molecule has 1 N–H and O–H groups in total. The molecular weight excluding hydrogens is 438 g/mol. The second kappa shape index (κ2) is 10.4. The smallest absolute Gasteiger partial charge is 0.252 e. The Balaban J connectivity index is 1.59. The molecule has 1 amide bonds. The van der Waals surface area contributed by atoms with Gasteiger partial charge in [0, 0.05) is 18.7 Å². The van der Waals surface area contributed by atoms with E-state index in [0.717, 1.165) is 16.5 Å². The largest absolute Gasteiger partial charge is 0.358 e. The van der Waals surface area contributed by atoms with E-state index >= 15 is 0 Å². The monoisotopic (exact) mass is 465 g/mol. The van der Waals surface area contributed by atoms with Crippen molar-refractivity contribution in [1.82, 2.24) is 9.46 Å². The number of fused-ring (bicyclic) bond motifs is 1. The number of likely N-dealkylation sites (N-methyl/N-ethyl adjacent to an activating group) is 1. The number of nitrogens with zero attached hydrogens (tertiary/aromatic N) is 2. The Hall–Kier alpha value is -2.17. The lowest BCUT2D eigenvalue weighted by Gasteiger charge is -2.30. The first-order valence-electron chi connectivity index (χ1n) is 10.3. The van der Waals surface area contributed by atoms with Gasteiger partial charge in [-0.15, -0.1) is 0 Å². The van der Waals surface area contributed by atoms with Crippen molar-refractivity contribution in [2.45, 2.75) is 55.7 Å². The molecule has 31 heavy (non-hydrogen) atoms. The van der Waals surface area contributed by atoms with Crippen molar-refractivity contribution in [2.24, 2.45) is 0 Å². The number of sulfonamides is 1. The fourth-order valence-corrected chi connectivity index (χ4v) is 5.77. The van der Waals surface area contributed by atoms with Crippen LogP contribution in [0.4, 0.5) is 5.82 Å². The van der Waals surface area contributed by atoms with Crippen LogP contribution in [0.15, 0.2) is 39.8 Å². The fraction of sp³-hybridized carbons (Fsp3) is 0.476. The normalized spacial score (nSPS) is 18.0. The van der Waals surface area contributed by atoms with Gasteiger partial charge in [-0.3, -0.25) is 9.59 Å². The van der Waals surface area contributed by atoms with E-state index in [0.29, 0.717) is 11.5 Å². The Morgan fingerprint density at radius 1 is 1.23 bits per heavy atom. The van der Waals surface area contributed by atoms with Crippen LogP contribution in [0.1, 0.15) is 55.1 Å². The first kappa shape index (κ1) is 23.5. The summed E-state index contributed by atoms with van der Waals surface area (Å²) in [6.45, 7) is 2.19. The second-order valence-electron chi connectivity index (χ2n) is 7.42. The van der Waals surface area contributed by atoms with Gasteiger partial charge in [0.2, 0.25) is 10.0 Å². The summed E-state index contributed by atoms with van der Waals surface area (Å²) in [7, 11) is -2.73. The number of thioether (sulfide) groups is 1.